The number of aromatic nitrogens is 5. The number of anilines is 1. The van der Waals surface area contributed by atoms with Crippen LogP contribution in [0.15, 0.2) is 67.1 Å². The highest BCUT2D eigenvalue weighted by atomic mass is 19.1. The molecule has 5 aromatic rings. The maximum Gasteiger partial charge on any atom is 0.164 e. The third-order valence-electron chi connectivity index (χ3n) is 6.48. The second kappa shape index (κ2) is 10.1. The van der Waals surface area contributed by atoms with Crippen LogP contribution in [0.5, 0.6) is 17.2 Å². The van der Waals surface area contributed by atoms with E-state index < -0.39 is 12.4 Å². The molecule has 6 rings (SSSR count). The molecule has 4 heterocycles. The van der Waals surface area contributed by atoms with Crippen LogP contribution in [0.3, 0.4) is 0 Å². The van der Waals surface area contributed by atoms with E-state index in [1.165, 1.54) is 18.5 Å². The highest BCUT2D eigenvalue weighted by Gasteiger charge is 2.24. The molecular weight excluding hydrogens is 487 g/mol. The molecule has 2 N–H and O–H groups in total. The van der Waals surface area contributed by atoms with Crippen molar-refractivity contribution in [1.29, 1.82) is 0 Å². The van der Waals surface area contributed by atoms with Gasteiger partial charge in [0.15, 0.2) is 5.65 Å². The largest absolute Gasteiger partial charge is 0.487 e. The quantitative estimate of drug-likeness (QED) is 0.314. The summed E-state index contributed by atoms with van der Waals surface area (Å²) >= 11 is 0. The van der Waals surface area contributed by atoms with E-state index >= 15 is 0 Å². The molecule has 0 radical (unpaired) electrons. The Bertz CT molecular complexity index is 1660. The van der Waals surface area contributed by atoms with Gasteiger partial charge in [0.2, 0.25) is 0 Å². The molecule has 0 spiro atoms. The second-order valence-electron chi connectivity index (χ2n) is 9.05. The van der Waals surface area contributed by atoms with Crippen LogP contribution in [-0.4, -0.2) is 37.5 Å². The van der Waals surface area contributed by atoms with Crippen LogP contribution in [-0.2, 0) is 18.3 Å². The smallest absolute Gasteiger partial charge is 0.164 e. The summed E-state index contributed by atoms with van der Waals surface area (Å²) in [6.45, 7) is -0.845. The van der Waals surface area contributed by atoms with Crippen LogP contribution >= 0.6 is 0 Å². The topological polar surface area (TPSA) is 102 Å². The highest BCUT2D eigenvalue weighted by Crippen LogP contribution is 2.35. The monoisotopic (exact) mass is 516 g/mol. The van der Waals surface area contributed by atoms with Gasteiger partial charge < -0.3 is 24.5 Å². The fraction of sp³-hybridized carbons (Fsp3) is 0.250. The van der Waals surface area contributed by atoms with E-state index in [0.717, 1.165) is 24.5 Å². The molecule has 0 saturated carbocycles. The normalized spacial score (nSPS) is 15.3. The van der Waals surface area contributed by atoms with Crippen molar-refractivity contribution in [2.24, 2.45) is 7.05 Å². The molecule has 194 valence electrons. The van der Waals surface area contributed by atoms with Gasteiger partial charge in [-0.1, -0.05) is 0 Å². The summed E-state index contributed by atoms with van der Waals surface area (Å²) in [5, 5.41) is 5.56. The Balaban J connectivity index is 1.26. The van der Waals surface area contributed by atoms with Gasteiger partial charge in [-0.2, -0.15) is 5.10 Å². The van der Waals surface area contributed by atoms with Crippen LogP contribution in [0.1, 0.15) is 27.3 Å². The third-order valence-corrected chi connectivity index (χ3v) is 6.48. The molecule has 1 aliphatic heterocycles. The van der Waals surface area contributed by atoms with Gasteiger partial charge in [0.05, 0.1) is 19.9 Å². The standard InChI is InChI=1S/C28H27FN6O3/c1-34-10-2-3-21(34)16-37-23-13-19(29)14-24(15-23)38-22-6-4-18(5-7-22)26-25-27(30)31-17-32-28(25)35(33-26)20-8-11-36-12-9-20/h2-7,10,13-15,17,20H,8-9,11-12,16H2,1H3,(H2,30,31,32)/i16D2. The molecule has 0 amide bonds. The van der Waals surface area contributed by atoms with Gasteiger partial charge in [0.25, 0.3) is 0 Å². The highest BCUT2D eigenvalue weighted by molar-refractivity contribution is 5.98. The Labute approximate surface area is 221 Å². The van der Waals surface area contributed by atoms with E-state index in [1.54, 1.807) is 42.1 Å². The zero-order valence-corrected chi connectivity index (χ0v) is 20.7. The Morgan fingerprint density at radius 3 is 2.63 bits per heavy atom. The number of nitrogens with two attached hydrogens (primary N) is 1. The summed E-state index contributed by atoms with van der Waals surface area (Å²) in [6, 6.07) is 14.4. The number of benzene rings is 2. The summed E-state index contributed by atoms with van der Waals surface area (Å²) < 4.78 is 51.5. The summed E-state index contributed by atoms with van der Waals surface area (Å²) in [5.41, 5.74) is 8.69. The summed E-state index contributed by atoms with van der Waals surface area (Å²) in [5.74, 6) is 0.340. The van der Waals surface area contributed by atoms with Crippen molar-refractivity contribution in [1.82, 2.24) is 24.3 Å². The molecular formula is C28H27FN6O3. The first kappa shape index (κ1) is 21.6. The van der Waals surface area contributed by atoms with E-state index in [2.05, 4.69) is 9.97 Å². The van der Waals surface area contributed by atoms with Crippen molar-refractivity contribution in [2.45, 2.75) is 25.4 Å². The van der Waals surface area contributed by atoms with Gasteiger partial charge in [-0.3, -0.25) is 0 Å². The van der Waals surface area contributed by atoms with Gasteiger partial charge in [0, 0.05) is 50.2 Å². The first-order valence-electron chi connectivity index (χ1n) is 13.2. The van der Waals surface area contributed by atoms with Crippen LogP contribution in [0.2, 0.25) is 0 Å². The van der Waals surface area contributed by atoms with Crippen molar-refractivity contribution in [2.75, 3.05) is 18.9 Å². The fourth-order valence-corrected chi connectivity index (χ4v) is 4.53. The Hall–Kier alpha value is -4.44. The molecule has 38 heavy (non-hydrogen) atoms. The zero-order valence-electron chi connectivity index (χ0n) is 22.7. The van der Waals surface area contributed by atoms with Crippen LogP contribution in [0.4, 0.5) is 10.2 Å². The van der Waals surface area contributed by atoms with E-state index in [1.807, 2.05) is 16.8 Å². The van der Waals surface area contributed by atoms with Gasteiger partial charge in [-0.15, -0.1) is 0 Å². The number of ether oxygens (including phenoxy) is 3. The minimum absolute atomic E-state index is 0.00147. The third kappa shape index (κ3) is 4.78. The number of nitrogen functional groups attached to an aromatic ring is 1. The molecule has 0 unspecified atom stereocenters. The Morgan fingerprint density at radius 2 is 1.87 bits per heavy atom. The average molecular weight is 517 g/mol. The minimum Gasteiger partial charge on any atom is -0.487 e. The summed E-state index contributed by atoms with van der Waals surface area (Å²) in [6.07, 6.45) is 4.82. The number of halogens is 1. The number of aryl methyl sites for hydroxylation is 1. The maximum absolute atomic E-state index is 14.4. The lowest BCUT2D eigenvalue weighted by Crippen LogP contribution is -2.20. The molecule has 1 saturated heterocycles. The lowest BCUT2D eigenvalue weighted by atomic mass is 10.1. The lowest BCUT2D eigenvalue weighted by Gasteiger charge is -2.22. The number of rotatable bonds is 7. The number of hydrogen-bond donors (Lipinski definition) is 1. The van der Waals surface area contributed by atoms with Crippen LogP contribution in [0.25, 0.3) is 22.3 Å². The van der Waals surface area contributed by atoms with E-state index in [9.17, 15) is 4.39 Å². The lowest BCUT2D eigenvalue weighted by molar-refractivity contribution is 0.0674. The van der Waals surface area contributed by atoms with Gasteiger partial charge >= 0.3 is 0 Å². The van der Waals surface area contributed by atoms with Gasteiger partial charge in [-0.25, -0.2) is 19.0 Å². The number of nitrogens with zero attached hydrogens (tertiary/aromatic N) is 5. The van der Waals surface area contributed by atoms with E-state index in [0.29, 0.717) is 47.2 Å². The Morgan fingerprint density at radius 1 is 1.08 bits per heavy atom. The summed E-state index contributed by atoms with van der Waals surface area (Å²) in [4.78, 5) is 8.64. The molecule has 1 aliphatic rings. The van der Waals surface area contributed by atoms with Gasteiger partial charge in [0.1, 0.15) is 47.5 Å². The van der Waals surface area contributed by atoms with Crippen LogP contribution < -0.4 is 15.2 Å². The fourth-order valence-electron chi connectivity index (χ4n) is 4.53. The molecule has 2 aromatic carbocycles. The van der Waals surface area contributed by atoms with Crippen LogP contribution in [0, 0.1) is 5.82 Å². The van der Waals surface area contributed by atoms with Crippen molar-refractivity contribution in [3.8, 4) is 28.5 Å². The maximum atomic E-state index is 14.4. The molecule has 0 aliphatic carbocycles. The predicted octanol–water partition coefficient (Wildman–Crippen LogP) is 5.28. The van der Waals surface area contributed by atoms with E-state index in [4.69, 9.17) is 27.8 Å². The van der Waals surface area contributed by atoms with Crippen molar-refractivity contribution < 1.29 is 21.3 Å². The molecule has 3 aromatic heterocycles. The Kier molecular flexibility index (Phi) is 5.77. The molecule has 1 fully saturated rings. The van der Waals surface area contributed by atoms with Crippen molar-refractivity contribution in [3.63, 3.8) is 0 Å². The first-order valence-corrected chi connectivity index (χ1v) is 12.2. The predicted molar refractivity (Wildman–Crippen MR) is 140 cm³/mol. The van der Waals surface area contributed by atoms with E-state index in [-0.39, 0.29) is 17.5 Å². The molecule has 0 atom stereocenters. The molecule has 0 bridgehead atoms. The van der Waals surface area contributed by atoms with Crippen molar-refractivity contribution >= 4 is 16.9 Å². The van der Waals surface area contributed by atoms with Gasteiger partial charge in [-0.05, 0) is 49.2 Å². The average Bonchev–Trinajstić information content (AvgIpc) is 3.54. The van der Waals surface area contributed by atoms with Crippen molar-refractivity contribution in [3.05, 3.63) is 78.6 Å². The first-order chi connectivity index (χ1) is 19.3. The SMILES string of the molecule is [2H]C([2H])(Oc1cc(F)cc(Oc2ccc(-c3nn(C4CCOCC4)c4ncnc(N)c34)cc2)c1)c1cccn1C. The molecule has 9 nitrogen and oxygen atoms in total. The summed E-state index contributed by atoms with van der Waals surface area (Å²) in [7, 11) is 1.71. The minimum atomic E-state index is -2.17. The number of hydrogen-bond acceptors (Lipinski definition) is 7. The number of fused-ring (bicyclic) bond motifs is 1. The zero-order chi connectivity index (χ0) is 27.9. The molecule has 10 heteroatoms. The second-order valence-corrected chi connectivity index (χ2v) is 9.05.